The number of anilines is 1. The normalized spacial score (nSPS) is 16.2. The van der Waals surface area contributed by atoms with Crippen molar-refractivity contribution in [1.29, 1.82) is 0 Å². The summed E-state index contributed by atoms with van der Waals surface area (Å²) in [5.41, 5.74) is 0.664. The molecule has 0 aliphatic carbocycles. The number of aromatic nitrogens is 1. The van der Waals surface area contributed by atoms with E-state index in [9.17, 15) is 4.79 Å². The highest BCUT2D eigenvalue weighted by atomic mass is 16.5. The molecule has 1 fully saturated rings. The Bertz CT molecular complexity index is 425. The molecule has 1 aliphatic heterocycles. The highest BCUT2D eigenvalue weighted by Crippen LogP contribution is 2.19. The fourth-order valence-corrected chi connectivity index (χ4v) is 2.53. The predicted molar refractivity (Wildman–Crippen MR) is 78.9 cm³/mol. The molecule has 1 aliphatic rings. The van der Waals surface area contributed by atoms with Crippen molar-refractivity contribution >= 4 is 11.7 Å². The molecule has 0 unspecified atom stereocenters. The minimum Gasteiger partial charge on any atom is -0.384 e. The quantitative estimate of drug-likeness (QED) is 0.894. The number of hydrogen-bond acceptors (Lipinski definition) is 4. The van der Waals surface area contributed by atoms with Gasteiger partial charge >= 0.3 is 0 Å². The molecule has 0 saturated carbocycles. The summed E-state index contributed by atoms with van der Waals surface area (Å²) < 4.78 is 5.18. The number of carbonyl (C=O) groups excluding carboxylic acids is 1. The SMILES string of the molecule is CCNc1ccc(C(=O)N2CCC(COC)CC2)cn1. The highest BCUT2D eigenvalue weighted by molar-refractivity contribution is 5.94. The molecule has 5 nitrogen and oxygen atoms in total. The lowest BCUT2D eigenvalue weighted by molar-refractivity contribution is 0.0613. The standard InChI is InChI=1S/C15H23N3O2/c1-3-16-14-5-4-13(10-17-14)15(19)18-8-6-12(7-9-18)11-20-2/h4-5,10,12H,3,6-9,11H2,1-2H3,(H,16,17). The number of hydrogen-bond donors (Lipinski definition) is 1. The van der Waals surface area contributed by atoms with Gasteiger partial charge < -0.3 is 15.0 Å². The molecule has 1 aromatic rings. The van der Waals surface area contributed by atoms with Crippen LogP contribution in [0.1, 0.15) is 30.1 Å². The number of pyridine rings is 1. The third-order valence-corrected chi connectivity index (χ3v) is 3.67. The number of likely N-dealkylation sites (tertiary alicyclic amines) is 1. The van der Waals surface area contributed by atoms with E-state index in [4.69, 9.17) is 4.74 Å². The first kappa shape index (κ1) is 14.8. The van der Waals surface area contributed by atoms with E-state index in [-0.39, 0.29) is 5.91 Å². The summed E-state index contributed by atoms with van der Waals surface area (Å²) in [4.78, 5) is 18.5. The van der Waals surface area contributed by atoms with Crippen molar-refractivity contribution in [2.75, 3.05) is 38.7 Å². The molecular formula is C15H23N3O2. The van der Waals surface area contributed by atoms with Crippen LogP contribution in [-0.4, -0.2) is 49.1 Å². The molecular weight excluding hydrogens is 254 g/mol. The van der Waals surface area contributed by atoms with E-state index in [1.54, 1.807) is 13.3 Å². The number of nitrogens with one attached hydrogen (secondary N) is 1. The number of carbonyl (C=O) groups is 1. The molecule has 1 N–H and O–H groups in total. The van der Waals surface area contributed by atoms with Crippen LogP contribution >= 0.6 is 0 Å². The Balaban J connectivity index is 1.91. The van der Waals surface area contributed by atoms with Gasteiger partial charge in [-0.15, -0.1) is 0 Å². The summed E-state index contributed by atoms with van der Waals surface area (Å²) in [6, 6.07) is 3.70. The lowest BCUT2D eigenvalue weighted by atomic mass is 9.97. The first-order valence-corrected chi connectivity index (χ1v) is 7.22. The van der Waals surface area contributed by atoms with Crippen LogP contribution in [-0.2, 0) is 4.74 Å². The molecule has 1 saturated heterocycles. The van der Waals surface area contributed by atoms with Crippen molar-refractivity contribution in [3.8, 4) is 0 Å². The summed E-state index contributed by atoms with van der Waals surface area (Å²) in [5.74, 6) is 1.47. The van der Waals surface area contributed by atoms with Crippen molar-refractivity contribution in [3.63, 3.8) is 0 Å². The molecule has 110 valence electrons. The van der Waals surface area contributed by atoms with Gasteiger partial charge in [0.25, 0.3) is 5.91 Å². The average molecular weight is 277 g/mol. The Morgan fingerprint density at radius 2 is 2.20 bits per heavy atom. The summed E-state index contributed by atoms with van der Waals surface area (Å²) in [5, 5.41) is 3.12. The van der Waals surface area contributed by atoms with Crippen molar-refractivity contribution in [2.24, 2.45) is 5.92 Å². The Morgan fingerprint density at radius 3 is 2.75 bits per heavy atom. The number of nitrogens with zero attached hydrogens (tertiary/aromatic N) is 2. The highest BCUT2D eigenvalue weighted by Gasteiger charge is 2.23. The van der Waals surface area contributed by atoms with Gasteiger partial charge in [-0.2, -0.15) is 0 Å². The van der Waals surface area contributed by atoms with Crippen molar-refractivity contribution in [1.82, 2.24) is 9.88 Å². The number of rotatable bonds is 5. The summed E-state index contributed by atoms with van der Waals surface area (Å²) in [7, 11) is 1.73. The molecule has 0 spiro atoms. The molecule has 0 bridgehead atoms. The van der Waals surface area contributed by atoms with Crippen molar-refractivity contribution in [2.45, 2.75) is 19.8 Å². The van der Waals surface area contributed by atoms with E-state index in [0.29, 0.717) is 11.5 Å². The first-order chi connectivity index (χ1) is 9.74. The molecule has 0 radical (unpaired) electrons. The Kier molecular flexibility index (Phi) is 5.35. The third kappa shape index (κ3) is 3.70. The minimum atomic E-state index is 0.0800. The van der Waals surface area contributed by atoms with Gasteiger partial charge in [-0.25, -0.2) is 4.98 Å². The van der Waals surface area contributed by atoms with Crippen LogP contribution in [0, 0.1) is 5.92 Å². The van der Waals surface area contributed by atoms with Gasteiger partial charge in [0.05, 0.1) is 5.56 Å². The number of amides is 1. The van der Waals surface area contributed by atoms with Gasteiger partial charge in [-0.3, -0.25) is 4.79 Å². The minimum absolute atomic E-state index is 0.0800. The fourth-order valence-electron chi connectivity index (χ4n) is 2.53. The lowest BCUT2D eigenvalue weighted by Crippen LogP contribution is -2.39. The molecule has 1 amide bonds. The summed E-state index contributed by atoms with van der Waals surface area (Å²) in [6.45, 7) is 5.25. The Hall–Kier alpha value is -1.62. The average Bonchev–Trinajstić information content (AvgIpc) is 2.49. The van der Waals surface area contributed by atoms with Gasteiger partial charge in [0.15, 0.2) is 0 Å². The zero-order valence-corrected chi connectivity index (χ0v) is 12.3. The van der Waals surface area contributed by atoms with Crippen LogP contribution in [0.15, 0.2) is 18.3 Å². The topological polar surface area (TPSA) is 54.5 Å². The van der Waals surface area contributed by atoms with Gasteiger partial charge in [-0.1, -0.05) is 0 Å². The maximum atomic E-state index is 12.4. The molecule has 0 atom stereocenters. The van der Waals surface area contributed by atoms with E-state index in [1.165, 1.54) is 0 Å². The molecule has 5 heteroatoms. The second-order valence-electron chi connectivity index (χ2n) is 5.15. The van der Waals surface area contributed by atoms with Crippen LogP contribution in [0.5, 0.6) is 0 Å². The monoisotopic (exact) mass is 277 g/mol. The molecule has 0 aromatic carbocycles. The maximum Gasteiger partial charge on any atom is 0.255 e. The smallest absolute Gasteiger partial charge is 0.255 e. The summed E-state index contributed by atoms with van der Waals surface area (Å²) in [6.07, 6.45) is 3.69. The zero-order chi connectivity index (χ0) is 14.4. The van der Waals surface area contributed by atoms with Crippen LogP contribution < -0.4 is 5.32 Å². The molecule has 2 rings (SSSR count). The molecule has 20 heavy (non-hydrogen) atoms. The van der Waals surface area contributed by atoms with E-state index in [1.807, 2.05) is 24.0 Å². The summed E-state index contributed by atoms with van der Waals surface area (Å²) >= 11 is 0. The van der Waals surface area contributed by atoms with Crippen LogP contribution in [0.3, 0.4) is 0 Å². The van der Waals surface area contributed by atoms with Crippen LogP contribution in [0.4, 0.5) is 5.82 Å². The fraction of sp³-hybridized carbons (Fsp3) is 0.600. The Morgan fingerprint density at radius 1 is 1.45 bits per heavy atom. The largest absolute Gasteiger partial charge is 0.384 e. The maximum absolute atomic E-state index is 12.4. The number of methoxy groups -OCH3 is 1. The number of ether oxygens (including phenoxy) is 1. The van der Waals surface area contributed by atoms with Crippen molar-refractivity contribution in [3.05, 3.63) is 23.9 Å². The van der Waals surface area contributed by atoms with Gasteiger partial charge in [0.2, 0.25) is 0 Å². The molecule has 2 heterocycles. The van der Waals surface area contributed by atoms with Gasteiger partial charge in [0.1, 0.15) is 5.82 Å². The van der Waals surface area contributed by atoms with Crippen LogP contribution in [0.25, 0.3) is 0 Å². The van der Waals surface area contributed by atoms with Gasteiger partial charge in [0, 0.05) is 39.5 Å². The molecule has 1 aromatic heterocycles. The first-order valence-electron chi connectivity index (χ1n) is 7.22. The second kappa shape index (κ2) is 7.24. The zero-order valence-electron chi connectivity index (χ0n) is 12.3. The number of piperidine rings is 1. The Labute approximate surface area is 120 Å². The lowest BCUT2D eigenvalue weighted by Gasteiger charge is -2.31. The third-order valence-electron chi connectivity index (χ3n) is 3.67. The van der Waals surface area contributed by atoms with E-state index >= 15 is 0 Å². The van der Waals surface area contributed by atoms with E-state index < -0.39 is 0 Å². The van der Waals surface area contributed by atoms with Crippen molar-refractivity contribution < 1.29 is 9.53 Å². The van der Waals surface area contributed by atoms with Crippen LogP contribution in [0.2, 0.25) is 0 Å². The predicted octanol–water partition coefficient (Wildman–Crippen LogP) is 2.01. The van der Waals surface area contributed by atoms with E-state index in [2.05, 4.69) is 10.3 Å². The second-order valence-corrected chi connectivity index (χ2v) is 5.15. The van der Waals surface area contributed by atoms with E-state index in [0.717, 1.165) is 44.9 Å². The van der Waals surface area contributed by atoms with Gasteiger partial charge in [-0.05, 0) is 37.8 Å².